The highest BCUT2D eigenvalue weighted by atomic mass is 16.4. The highest BCUT2D eigenvalue weighted by Crippen LogP contribution is 2.41. The van der Waals surface area contributed by atoms with Gasteiger partial charge in [0.15, 0.2) is 0 Å². The molecule has 4 nitrogen and oxygen atoms in total. The minimum atomic E-state index is -1.01. The zero-order valence-electron chi connectivity index (χ0n) is 11.1. The molecule has 1 atom stereocenters. The fraction of sp³-hybridized carbons (Fsp3) is 0.467. The minimum Gasteiger partial charge on any atom is -0.480 e. The van der Waals surface area contributed by atoms with Crippen molar-refractivity contribution in [1.82, 2.24) is 5.32 Å². The average Bonchev–Trinajstić information content (AvgIpc) is 2.90. The van der Waals surface area contributed by atoms with Crippen molar-refractivity contribution in [3.63, 3.8) is 0 Å². The van der Waals surface area contributed by atoms with E-state index in [4.69, 9.17) is 5.11 Å². The molecule has 1 amide bonds. The van der Waals surface area contributed by atoms with Crippen LogP contribution in [0.25, 0.3) is 0 Å². The minimum absolute atomic E-state index is 0.161. The number of rotatable bonds is 4. The van der Waals surface area contributed by atoms with Crippen molar-refractivity contribution in [1.29, 1.82) is 0 Å². The smallest absolute Gasteiger partial charge is 0.325 e. The van der Waals surface area contributed by atoms with Crippen molar-refractivity contribution < 1.29 is 14.7 Å². The summed E-state index contributed by atoms with van der Waals surface area (Å²) >= 11 is 0. The van der Waals surface area contributed by atoms with Gasteiger partial charge in [0.1, 0.15) is 6.04 Å². The van der Waals surface area contributed by atoms with E-state index in [9.17, 15) is 9.59 Å². The van der Waals surface area contributed by atoms with Gasteiger partial charge in [-0.2, -0.15) is 0 Å². The second-order valence-corrected chi connectivity index (χ2v) is 5.19. The van der Waals surface area contributed by atoms with Gasteiger partial charge in [0.25, 0.3) is 0 Å². The van der Waals surface area contributed by atoms with Crippen molar-refractivity contribution in [2.45, 2.75) is 44.1 Å². The van der Waals surface area contributed by atoms with Crippen LogP contribution in [0, 0.1) is 0 Å². The number of carboxylic acids is 1. The molecule has 1 aliphatic rings. The summed E-state index contributed by atoms with van der Waals surface area (Å²) in [5, 5.41) is 11.5. The van der Waals surface area contributed by atoms with E-state index in [0.29, 0.717) is 0 Å². The largest absolute Gasteiger partial charge is 0.480 e. The summed E-state index contributed by atoms with van der Waals surface area (Å²) in [6.45, 7) is 1.49. The molecule has 1 aliphatic carbocycles. The van der Waals surface area contributed by atoms with Crippen molar-refractivity contribution >= 4 is 11.9 Å². The first-order valence-corrected chi connectivity index (χ1v) is 6.65. The van der Waals surface area contributed by atoms with Gasteiger partial charge in [-0.1, -0.05) is 43.2 Å². The number of carbonyl (C=O) groups excluding carboxylic acids is 1. The van der Waals surface area contributed by atoms with Gasteiger partial charge < -0.3 is 10.4 Å². The van der Waals surface area contributed by atoms with Gasteiger partial charge in [-0.3, -0.25) is 9.59 Å². The molecule has 2 rings (SSSR count). The third-order valence-corrected chi connectivity index (χ3v) is 3.94. The summed E-state index contributed by atoms with van der Waals surface area (Å²) in [7, 11) is 0. The molecule has 1 aromatic rings. The number of benzene rings is 1. The van der Waals surface area contributed by atoms with Crippen LogP contribution in [-0.4, -0.2) is 23.0 Å². The van der Waals surface area contributed by atoms with E-state index < -0.39 is 17.4 Å². The van der Waals surface area contributed by atoms with Crippen LogP contribution in [0.2, 0.25) is 0 Å². The Hall–Kier alpha value is -1.84. The molecule has 19 heavy (non-hydrogen) atoms. The average molecular weight is 261 g/mol. The van der Waals surface area contributed by atoms with Crippen LogP contribution in [-0.2, 0) is 15.0 Å². The molecule has 0 heterocycles. The van der Waals surface area contributed by atoms with E-state index >= 15 is 0 Å². The van der Waals surface area contributed by atoms with E-state index in [1.54, 1.807) is 0 Å². The maximum absolute atomic E-state index is 12.5. The van der Waals surface area contributed by atoms with Gasteiger partial charge in [0.2, 0.25) is 5.91 Å². The summed E-state index contributed by atoms with van der Waals surface area (Å²) in [6.07, 6.45) is 3.58. The molecule has 0 aromatic heterocycles. The van der Waals surface area contributed by atoms with E-state index in [2.05, 4.69) is 5.32 Å². The molecule has 0 spiro atoms. The van der Waals surface area contributed by atoms with E-state index in [0.717, 1.165) is 31.2 Å². The summed E-state index contributed by atoms with van der Waals surface area (Å²) in [5.74, 6) is -1.17. The molecular weight excluding hydrogens is 242 g/mol. The fourth-order valence-electron chi connectivity index (χ4n) is 2.78. The highest BCUT2D eigenvalue weighted by Gasteiger charge is 2.43. The first kappa shape index (κ1) is 13.6. The first-order chi connectivity index (χ1) is 9.06. The Labute approximate surface area is 112 Å². The van der Waals surface area contributed by atoms with Gasteiger partial charge in [-0.25, -0.2) is 0 Å². The number of aliphatic carboxylic acids is 1. The molecule has 0 saturated heterocycles. The van der Waals surface area contributed by atoms with Gasteiger partial charge >= 0.3 is 5.97 Å². The third kappa shape index (κ3) is 2.62. The number of hydrogen-bond donors (Lipinski definition) is 2. The monoisotopic (exact) mass is 261 g/mol. The highest BCUT2D eigenvalue weighted by molar-refractivity contribution is 5.91. The summed E-state index contributed by atoms with van der Waals surface area (Å²) in [4.78, 5) is 23.4. The second-order valence-electron chi connectivity index (χ2n) is 5.19. The molecule has 0 unspecified atom stereocenters. The number of hydrogen-bond acceptors (Lipinski definition) is 2. The zero-order chi connectivity index (χ0) is 13.9. The van der Waals surface area contributed by atoms with E-state index in [1.165, 1.54) is 6.92 Å². The van der Waals surface area contributed by atoms with Gasteiger partial charge in [-0.05, 0) is 25.3 Å². The van der Waals surface area contributed by atoms with Crippen LogP contribution in [0.15, 0.2) is 30.3 Å². The topological polar surface area (TPSA) is 66.4 Å². The Morgan fingerprint density at radius 1 is 1.21 bits per heavy atom. The number of carbonyl (C=O) groups is 2. The molecule has 0 aliphatic heterocycles. The normalized spacial score (nSPS) is 18.8. The standard InChI is InChI=1S/C15H19NO3/c1-11(13(17)18)16-14(19)15(9-5-6-10-15)12-7-3-2-4-8-12/h2-4,7-8,11H,5-6,9-10H2,1H3,(H,16,19)(H,17,18)/t11-/m0/s1. The van der Waals surface area contributed by atoms with Gasteiger partial charge in [0.05, 0.1) is 5.41 Å². The zero-order valence-corrected chi connectivity index (χ0v) is 11.1. The van der Waals surface area contributed by atoms with Crippen molar-refractivity contribution in [3.8, 4) is 0 Å². The van der Waals surface area contributed by atoms with Gasteiger partial charge in [0, 0.05) is 0 Å². The molecule has 1 fully saturated rings. The Balaban J connectivity index is 2.25. The Morgan fingerprint density at radius 3 is 2.32 bits per heavy atom. The maximum atomic E-state index is 12.5. The van der Waals surface area contributed by atoms with Crippen molar-refractivity contribution in [3.05, 3.63) is 35.9 Å². The third-order valence-electron chi connectivity index (χ3n) is 3.94. The lowest BCUT2D eigenvalue weighted by molar-refractivity contribution is -0.142. The molecular formula is C15H19NO3. The molecule has 4 heteroatoms. The quantitative estimate of drug-likeness (QED) is 0.872. The predicted molar refractivity (Wildman–Crippen MR) is 71.8 cm³/mol. The molecule has 0 bridgehead atoms. The molecule has 2 N–H and O–H groups in total. The number of carboxylic acid groups (broad SMARTS) is 1. The van der Waals surface area contributed by atoms with Crippen LogP contribution < -0.4 is 5.32 Å². The van der Waals surface area contributed by atoms with Crippen LogP contribution in [0.1, 0.15) is 38.2 Å². The summed E-state index contributed by atoms with van der Waals surface area (Å²) in [6, 6.07) is 8.82. The lowest BCUT2D eigenvalue weighted by Crippen LogP contribution is -2.48. The maximum Gasteiger partial charge on any atom is 0.325 e. The second kappa shape index (κ2) is 5.43. The van der Waals surface area contributed by atoms with Crippen molar-refractivity contribution in [2.24, 2.45) is 0 Å². The number of amides is 1. The first-order valence-electron chi connectivity index (χ1n) is 6.65. The lowest BCUT2D eigenvalue weighted by atomic mass is 9.78. The lowest BCUT2D eigenvalue weighted by Gasteiger charge is -2.29. The SMILES string of the molecule is C[C@H](NC(=O)C1(c2ccccc2)CCCC1)C(=O)O. The summed E-state index contributed by atoms with van der Waals surface area (Å²) in [5.41, 5.74) is 0.438. The number of nitrogens with one attached hydrogen (secondary N) is 1. The molecule has 102 valence electrons. The summed E-state index contributed by atoms with van der Waals surface area (Å²) < 4.78 is 0. The fourth-order valence-corrected chi connectivity index (χ4v) is 2.78. The molecule has 0 radical (unpaired) electrons. The van der Waals surface area contributed by atoms with E-state index in [1.807, 2.05) is 30.3 Å². The Kier molecular flexibility index (Phi) is 3.88. The molecule has 1 aromatic carbocycles. The molecule has 1 saturated carbocycles. The van der Waals surface area contributed by atoms with Crippen LogP contribution >= 0.6 is 0 Å². The Bertz CT molecular complexity index is 464. The van der Waals surface area contributed by atoms with Crippen LogP contribution in [0.4, 0.5) is 0 Å². The van der Waals surface area contributed by atoms with Gasteiger partial charge in [-0.15, -0.1) is 0 Å². The van der Waals surface area contributed by atoms with Crippen LogP contribution in [0.3, 0.4) is 0 Å². The van der Waals surface area contributed by atoms with E-state index in [-0.39, 0.29) is 5.91 Å². The van der Waals surface area contributed by atoms with Crippen molar-refractivity contribution in [2.75, 3.05) is 0 Å². The predicted octanol–water partition coefficient (Wildman–Crippen LogP) is 2.09. The van der Waals surface area contributed by atoms with Crippen LogP contribution in [0.5, 0.6) is 0 Å². The Morgan fingerprint density at radius 2 is 1.79 bits per heavy atom.